The highest BCUT2D eigenvalue weighted by Gasteiger charge is 2.10. The first-order valence-corrected chi connectivity index (χ1v) is 5.93. The Labute approximate surface area is 104 Å². The molecule has 0 aliphatic rings. The van der Waals surface area contributed by atoms with Crippen molar-refractivity contribution < 1.29 is 9.59 Å². The van der Waals surface area contributed by atoms with Crippen LogP contribution in [0.3, 0.4) is 0 Å². The Bertz CT molecular complexity index is 259. The third-order valence-electron chi connectivity index (χ3n) is 2.59. The van der Waals surface area contributed by atoms with E-state index in [4.69, 9.17) is 0 Å². The predicted octanol–water partition coefficient (Wildman–Crippen LogP) is 1.45. The Morgan fingerprint density at radius 3 is 1.53 bits per heavy atom. The molecule has 0 radical (unpaired) electrons. The molecule has 17 heavy (non-hydrogen) atoms. The molecule has 0 spiro atoms. The van der Waals surface area contributed by atoms with Crippen LogP contribution >= 0.6 is 0 Å². The monoisotopic (exact) mass is 238 g/mol. The maximum Gasteiger partial charge on any atom is 0.245 e. The smallest absolute Gasteiger partial charge is 0.245 e. The van der Waals surface area contributed by atoms with E-state index in [9.17, 15) is 9.59 Å². The Hall–Kier alpha value is -1.58. The SMILES string of the molecule is C=CC(=O)N(CC)CCCN(CC)C(=O)C=C. The normalized spacial score (nSPS) is 9.53. The molecule has 0 heterocycles. The average molecular weight is 238 g/mol. The molecule has 0 N–H and O–H groups in total. The van der Waals surface area contributed by atoms with Gasteiger partial charge in [0.1, 0.15) is 0 Å². The van der Waals surface area contributed by atoms with E-state index in [-0.39, 0.29) is 11.8 Å². The average Bonchev–Trinajstić information content (AvgIpc) is 2.37. The summed E-state index contributed by atoms with van der Waals surface area (Å²) in [6.07, 6.45) is 3.40. The van der Waals surface area contributed by atoms with Gasteiger partial charge in [0.2, 0.25) is 11.8 Å². The van der Waals surface area contributed by atoms with Crippen LogP contribution in [0.5, 0.6) is 0 Å². The number of likely N-dealkylation sites (N-methyl/N-ethyl adjacent to an activating group) is 2. The first-order valence-electron chi connectivity index (χ1n) is 5.93. The molecule has 4 nitrogen and oxygen atoms in total. The lowest BCUT2D eigenvalue weighted by molar-refractivity contribution is -0.126. The van der Waals surface area contributed by atoms with E-state index >= 15 is 0 Å². The van der Waals surface area contributed by atoms with Crippen LogP contribution < -0.4 is 0 Å². The molecular formula is C13H22N2O2. The molecule has 0 unspecified atom stereocenters. The van der Waals surface area contributed by atoms with Crippen molar-refractivity contribution in [1.29, 1.82) is 0 Å². The van der Waals surface area contributed by atoms with Crippen LogP contribution in [0.15, 0.2) is 25.3 Å². The van der Waals surface area contributed by atoms with Gasteiger partial charge in [0.25, 0.3) is 0 Å². The number of hydrogen-bond donors (Lipinski definition) is 0. The molecule has 0 saturated carbocycles. The van der Waals surface area contributed by atoms with Crippen LogP contribution in [0, 0.1) is 0 Å². The zero-order chi connectivity index (χ0) is 13.3. The van der Waals surface area contributed by atoms with Crippen molar-refractivity contribution in [3.05, 3.63) is 25.3 Å². The van der Waals surface area contributed by atoms with Gasteiger partial charge < -0.3 is 9.80 Å². The minimum absolute atomic E-state index is 0.0643. The quantitative estimate of drug-likeness (QED) is 0.600. The molecule has 0 saturated heterocycles. The molecule has 0 rings (SSSR count). The maximum absolute atomic E-state index is 11.4. The van der Waals surface area contributed by atoms with Crippen molar-refractivity contribution in [2.45, 2.75) is 20.3 Å². The molecule has 0 aliphatic heterocycles. The molecule has 0 aromatic rings. The highest BCUT2D eigenvalue weighted by Crippen LogP contribution is 1.98. The first-order chi connectivity index (χ1) is 8.10. The number of nitrogens with zero attached hydrogens (tertiary/aromatic N) is 2. The van der Waals surface area contributed by atoms with Gasteiger partial charge in [-0.05, 0) is 32.4 Å². The fourth-order valence-corrected chi connectivity index (χ4v) is 1.56. The van der Waals surface area contributed by atoms with Gasteiger partial charge in [-0.25, -0.2) is 0 Å². The number of amides is 2. The zero-order valence-corrected chi connectivity index (χ0v) is 10.8. The molecule has 2 amide bonds. The van der Waals surface area contributed by atoms with E-state index in [0.29, 0.717) is 26.2 Å². The maximum atomic E-state index is 11.4. The van der Waals surface area contributed by atoms with Crippen LogP contribution in [0.2, 0.25) is 0 Å². The van der Waals surface area contributed by atoms with Crippen molar-refractivity contribution in [2.24, 2.45) is 0 Å². The van der Waals surface area contributed by atoms with Gasteiger partial charge in [-0.2, -0.15) is 0 Å². The highest BCUT2D eigenvalue weighted by molar-refractivity contribution is 5.87. The molecular weight excluding hydrogens is 216 g/mol. The van der Waals surface area contributed by atoms with Gasteiger partial charge in [-0.15, -0.1) is 0 Å². The summed E-state index contributed by atoms with van der Waals surface area (Å²) < 4.78 is 0. The van der Waals surface area contributed by atoms with Gasteiger partial charge in [0.05, 0.1) is 0 Å². The van der Waals surface area contributed by atoms with Gasteiger partial charge >= 0.3 is 0 Å². The Balaban J connectivity index is 4.10. The summed E-state index contributed by atoms with van der Waals surface area (Å²) in [7, 11) is 0. The summed E-state index contributed by atoms with van der Waals surface area (Å²) in [6.45, 7) is 13.4. The van der Waals surface area contributed by atoms with Crippen molar-refractivity contribution in [3.8, 4) is 0 Å². The fourth-order valence-electron chi connectivity index (χ4n) is 1.56. The topological polar surface area (TPSA) is 40.6 Å². The second kappa shape index (κ2) is 8.56. The van der Waals surface area contributed by atoms with Crippen LogP contribution in [0.4, 0.5) is 0 Å². The van der Waals surface area contributed by atoms with Gasteiger partial charge in [-0.3, -0.25) is 9.59 Å². The molecule has 0 fully saturated rings. The van der Waals surface area contributed by atoms with E-state index in [1.54, 1.807) is 9.80 Å². The van der Waals surface area contributed by atoms with Crippen LogP contribution in [0.25, 0.3) is 0 Å². The van der Waals surface area contributed by atoms with Gasteiger partial charge in [0, 0.05) is 26.2 Å². The Kier molecular flexibility index (Phi) is 7.76. The van der Waals surface area contributed by atoms with Crippen LogP contribution in [0.1, 0.15) is 20.3 Å². The van der Waals surface area contributed by atoms with E-state index in [2.05, 4.69) is 13.2 Å². The van der Waals surface area contributed by atoms with Crippen molar-refractivity contribution >= 4 is 11.8 Å². The zero-order valence-electron chi connectivity index (χ0n) is 10.8. The first kappa shape index (κ1) is 15.4. The lowest BCUT2D eigenvalue weighted by atomic mass is 10.3. The van der Waals surface area contributed by atoms with Gasteiger partial charge in [0.15, 0.2) is 0 Å². The van der Waals surface area contributed by atoms with E-state index in [0.717, 1.165) is 6.42 Å². The third kappa shape index (κ3) is 5.33. The standard InChI is InChI=1S/C13H22N2O2/c1-5-12(16)14(7-3)10-9-11-15(8-4)13(17)6-2/h5-6H,1-2,7-11H2,3-4H3. The minimum Gasteiger partial charge on any atom is -0.339 e. The molecule has 96 valence electrons. The molecule has 0 aromatic heterocycles. The summed E-state index contributed by atoms with van der Waals surface area (Å²) in [5.41, 5.74) is 0. The molecule has 0 aliphatic carbocycles. The highest BCUT2D eigenvalue weighted by atomic mass is 16.2. The van der Waals surface area contributed by atoms with Crippen LogP contribution in [-0.4, -0.2) is 47.8 Å². The summed E-state index contributed by atoms with van der Waals surface area (Å²) in [5, 5.41) is 0. The molecule has 0 bridgehead atoms. The summed E-state index contributed by atoms with van der Waals surface area (Å²) in [5.74, 6) is -0.129. The lowest BCUT2D eigenvalue weighted by Gasteiger charge is -2.23. The molecule has 0 aromatic carbocycles. The van der Waals surface area contributed by atoms with Crippen molar-refractivity contribution in [3.63, 3.8) is 0 Å². The van der Waals surface area contributed by atoms with Crippen molar-refractivity contribution in [2.75, 3.05) is 26.2 Å². The van der Waals surface area contributed by atoms with E-state index in [1.165, 1.54) is 12.2 Å². The fraction of sp³-hybridized carbons (Fsp3) is 0.538. The Morgan fingerprint density at radius 2 is 1.29 bits per heavy atom. The summed E-state index contributed by atoms with van der Waals surface area (Å²) in [6, 6.07) is 0. The van der Waals surface area contributed by atoms with E-state index in [1.807, 2.05) is 13.8 Å². The van der Waals surface area contributed by atoms with Gasteiger partial charge in [-0.1, -0.05) is 13.2 Å². The number of carbonyl (C=O) groups excluding carboxylic acids is 2. The third-order valence-corrected chi connectivity index (χ3v) is 2.59. The van der Waals surface area contributed by atoms with Crippen molar-refractivity contribution in [1.82, 2.24) is 9.80 Å². The summed E-state index contributed by atoms with van der Waals surface area (Å²) in [4.78, 5) is 26.2. The van der Waals surface area contributed by atoms with Crippen LogP contribution in [-0.2, 0) is 9.59 Å². The minimum atomic E-state index is -0.0643. The second-order valence-electron chi connectivity index (χ2n) is 3.60. The largest absolute Gasteiger partial charge is 0.339 e. The number of carbonyl (C=O) groups is 2. The molecule has 4 heteroatoms. The predicted molar refractivity (Wildman–Crippen MR) is 69.5 cm³/mol. The number of rotatable bonds is 8. The Morgan fingerprint density at radius 1 is 0.941 bits per heavy atom. The second-order valence-corrected chi connectivity index (χ2v) is 3.60. The number of hydrogen-bond acceptors (Lipinski definition) is 2. The lowest BCUT2D eigenvalue weighted by Crippen LogP contribution is -2.35. The molecule has 0 atom stereocenters. The van der Waals surface area contributed by atoms with E-state index < -0.39 is 0 Å². The summed E-state index contributed by atoms with van der Waals surface area (Å²) >= 11 is 0.